The number of rotatable bonds is 9. The minimum atomic E-state index is -1.45. The van der Waals surface area contributed by atoms with E-state index >= 15 is 0 Å². The second-order valence-corrected chi connectivity index (χ2v) is 12.8. The number of nitrogens with one attached hydrogen (secondary N) is 1. The average molecular weight is 653 g/mol. The third-order valence-corrected chi connectivity index (χ3v) is 9.91. The molecule has 250 valence electrons. The number of ether oxygens (including phenoxy) is 2. The van der Waals surface area contributed by atoms with Crippen molar-refractivity contribution in [3.8, 4) is 5.75 Å². The second-order valence-electron chi connectivity index (χ2n) is 12.8. The molecule has 4 aromatic rings. The molecule has 2 aromatic heterocycles. The van der Waals surface area contributed by atoms with Crippen molar-refractivity contribution in [2.75, 3.05) is 34.9 Å². The topological polar surface area (TPSA) is 134 Å². The summed E-state index contributed by atoms with van der Waals surface area (Å²) < 4.78 is 12.8. The number of nitrogens with zero attached hydrogens (tertiary/aromatic N) is 3. The molecule has 0 radical (unpaired) electrons. The molecular weight excluding hydrogens is 612 g/mol. The number of H-pyrrole nitrogens is 1. The molecule has 2 aliphatic rings. The first-order chi connectivity index (χ1) is 23.0. The van der Waals surface area contributed by atoms with E-state index in [-0.39, 0.29) is 49.3 Å². The van der Waals surface area contributed by atoms with Crippen LogP contribution in [0, 0.1) is 12.8 Å². The predicted molar refractivity (Wildman–Crippen MR) is 178 cm³/mol. The summed E-state index contributed by atoms with van der Waals surface area (Å²) in [4.78, 5) is 61.9. The van der Waals surface area contributed by atoms with Gasteiger partial charge in [-0.3, -0.25) is 14.4 Å². The molecule has 1 fully saturated rings. The van der Waals surface area contributed by atoms with Crippen LogP contribution in [-0.2, 0) is 35.5 Å². The number of pyridine rings is 1. The van der Waals surface area contributed by atoms with Crippen molar-refractivity contribution in [1.29, 1.82) is 0 Å². The fourth-order valence-electron chi connectivity index (χ4n) is 7.63. The van der Waals surface area contributed by atoms with Crippen LogP contribution in [0.1, 0.15) is 60.4 Å². The molecule has 2 unspecified atom stereocenters. The lowest BCUT2D eigenvalue weighted by Crippen LogP contribution is -2.58. The minimum absolute atomic E-state index is 0.0486. The SMILES string of the molecule is COC(=O)[C@@]1(Cc2ccc(OC)cc2)C2c3cc(C(=O)N(C)C)n(Cc4c(CO)[nH]cc(C)c4=O)c3CC2CN1C(=O)c1ccccc1. The number of benzene rings is 2. The predicted octanol–water partition coefficient (Wildman–Crippen LogP) is 3.30. The van der Waals surface area contributed by atoms with Gasteiger partial charge in [0.15, 0.2) is 11.0 Å². The van der Waals surface area contributed by atoms with E-state index < -0.39 is 17.4 Å². The lowest BCUT2D eigenvalue weighted by atomic mass is 9.75. The molecule has 3 heterocycles. The zero-order chi connectivity index (χ0) is 34.3. The molecule has 2 N–H and O–H groups in total. The summed E-state index contributed by atoms with van der Waals surface area (Å²) in [6.07, 6.45) is 2.19. The number of methoxy groups -OCH3 is 2. The third kappa shape index (κ3) is 5.28. The summed E-state index contributed by atoms with van der Waals surface area (Å²) in [6.45, 7) is 1.65. The fraction of sp³-hybridized carbons (Fsp3) is 0.351. The van der Waals surface area contributed by atoms with E-state index in [4.69, 9.17) is 9.47 Å². The van der Waals surface area contributed by atoms with Gasteiger partial charge in [-0.15, -0.1) is 0 Å². The van der Waals surface area contributed by atoms with Crippen LogP contribution in [0.4, 0.5) is 0 Å². The summed E-state index contributed by atoms with van der Waals surface area (Å²) >= 11 is 0. The van der Waals surface area contributed by atoms with Gasteiger partial charge in [0.05, 0.1) is 27.4 Å². The number of hydrogen-bond acceptors (Lipinski definition) is 7. The lowest BCUT2D eigenvalue weighted by molar-refractivity contribution is -0.153. The molecule has 6 rings (SSSR count). The molecule has 11 nitrogen and oxygen atoms in total. The van der Waals surface area contributed by atoms with Gasteiger partial charge in [0.2, 0.25) is 0 Å². The van der Waals surface area contributed by atoms with Crippen molar-refractivity contribution < 1.29 is 29.0 Å². The molecule has 2 aromatic carbocycles. The molecule has 0 spiro atoms. The number of aliphatic hydroxyl groups excluding tert-OH is 1. The molecule has 48 heavy (non-hydrogen) atoms. The Labute approximate surface area is 278 Å². The summed E-state index contributed by atoms with van der Waals surface area (Å²) in [6, 6.07) is 18.1. The molecule has 0 saturated carbocycles. The Bertz CT molecular complexity index is 1930. The van der Waals surface area contributed by atoms with Crippen molar-refractivity contribution in [1.82, 2.24) is 19.4 Å². The van der Waals surface area contributed by atoms with E-state index in [1.165, 1.54) is 12.0 Å². The Kier molecular flexibility index (Phi) is 8.74. The molecule has 1 saturated heterocycles. The van der Waals surface area contributed by atoms with Gasteiger partial charge in [-0.1, -0.05) is 30.3 Å². The first kappa shape index (κ1) is 32.8. The first-order valence-electron chi connectivity index (χ1n) is 15.9. The van der Waals surface area contributed by atoms with Crippen LogP contribution in [0.3, 0.4) is 0 Å². The van der Waals surface area contributed by atoms with E-state index in [9.17, 15) is 24.3 Å². The van der Waals surface area contributed by atoms with E-state index in [0.29, 0.717) is 40.2 Å². The van der Waals surface area contributed by atoms with E-state index in [1.54, 1.807) is 63.5 Å². The highest BCUT2D eigenvalue weighted by molar-refractivity contribution is 6.00. The molecule has 0 bridgehead atoms. The molecule has 11 heteroatoms. The number of amides is 2. The van der Waals surface area contributed by atoms with Crippen LogP contribution in [0.2, 0.25) is 0 Å². The zero-order valence-electron chi connectivity index (χ0n) is 27.8. The Morgan fingerprint density at radius 1 is 1.06 bits per heavy atom. The fourth-order valence-corrected chi connectivity index (χ4v) is 7.63. The molecule has 1 aliphatic heterocycles. The number of aromatic amines is 1. The van der Waals surface area contributed by atoms with Crippen molar-refractivity contribution in [3.63, 3.8) is 0 Å². The van der Waals surface area contributed by atoms with E-state index in [1.807, 2.05) is 41.0 Å². The van der Waals surface area contributed by atoms with Crippen LogP contribution in [0.15, 0.2) is 71.7 Å². The van der Waals surface area contributed by atoms with Crippen LogP contribution >= 0.6 is 0 Å². The number of esters is 1. The van der Waals surface area contributed by atoms with Crippen molar-refractivity contribution in [2.45, 2.75) is 44.4 Å². The number of aryl methyl sites for hydroxylation is 1. The monoisotopic (exact) mass is 652 g/mol. The number of likely N-dealkylation sites (tertiary alicyclic amines) is 1. The normalized spacial score (nSPS) is 19.5. The Morgan fingerprint density at radius 3 is 2.40 bits per heavy atom. The van der Waals surface area contributed by atoms with Gasteiger partial charge in [0.1, 0.15) is 11.4 Å². The maximum Gasteiger partial charge on any atom is 0.332 e. The smallest absolute Gasteiger partial charge is 0.332 e. The Hall–Kier alpha value is -5.16. The van der Waals surface area contributed by atoms with Gasteiger partial charge in [-0.05, 0) is 60.7 Å². The van der Waals surface area contributed by atoms with Gasteiger partial charge in [0, 0.05) is 67.3 Å². The maximum absolute atomic E-state index is 14.4. The van der Waals surface area contributed by atoms with Gasteiger partial charge in [0.25, 0.3) is 11.8 Å². The quantitative estimate of drug-likeness (QED) is 0.265. The number of carbonyl (C=O) groups is 3. The van der Waals surface area contributed by atoms with Crippen LogP contribution in [0.25, 0.3) is 0 Å². The highest BCUT2D eigenvalue weighted by atomic mass is 16.5. The van der Waals surface area contributed by atoms with E-state index in [2.05, 4.69) is 4.98 Å². The lowest BCUT2D eigenvalue weighted by Gasteiger charge is -2.40. The maximum atomic E-state index is 14.4. The Balaban J connectivity index is 1.56. The summed E-state index contributed by atoms with van der Waals surface area (Å²) in [5, 5.41) is 10.1. The van der Waals surface area contributed by atoms with Crippen molar-refractivity contribution >= 4 is 17.8 Å². The Morgan fingerprint density at radius 2 is 1.77 bits per heavy atom. The number of carbonyl (C=O) groups excluding carboxylic acids is 3. The highest BCUT2D eigenvalue weighted by Gasteiger charge is 2.64. The van der Waals surface area contributed by atoms with Gasteiger partial charge in [-0.25, -0.2) is 4.79 Å². The largest absolute Gasteiger partial charge is 0.497 e. The van der Waals surface area contributed by atoms with Gasteiger partial charge in [-0.2, -0.15) is 0 Å². The van der Waals surface area contributed by atoms with Crippen LogP contribution < -0.4 is 10.2 Å². The average Bonchev–Trinajstić information content (AvgIpc) is 3.74. The summed E-state index contributed by atoms with van der Waals surface area (Å²) in [7, 11) is 6.23. The number of aromatic nitrogens is 2. The molecule has 1 aliphatic carbocycles. The first-order valence-corrected chi connectivity index (χ1v) is 15.9. The number of aliphatic hydroxyl groups is 1. The second kappa shape index (κ2) is 12.8. The zero-order valence-corrected chi connectivity index (χ0v) is 27.8. The van der Waals surface area contributed by atoms with Crippen LogP contribution in [-0.4, -0.2) is 82.6 Å². The van der Waals surface area contributed by atoms with Crippen molar-refractivity contribution in [2.24, 2.45) is 5.92 Å². The third-order valence-electron chi connectivity index (χ3n) is 9.91. The van der Waals surface area contributed by atoms with Gasteiger partial charge >= 0.3 is 5.97 Å². The summed E-state index contributed by atoms with van der Waals surface area (Å²) in [5.74, 6) is -1.14. The van der Waals surface area contributed by atoms with Crippen LogP contribution in [0.5, 0.6) is 5.75 Å². The molecule has 2 amide bonds. The summed E-state index contributed by atoms with van der Waals surface area (Å²) in [5.41, 5.74) is 2.75. The minimum Gasteiger partial charge on any atom is -0.497 e. The molecule has 3 atom stereocenters. The van der Waals surface area contributed by atoms with Gasteiger partial charge < -0.3 is 33.9 Å². The number of fused-ring (bicyclic) bond motifs is 3. The molecular formula is C37H40N4O7. The van der Waals surface area contributed by atoms with Crippen molar-refractivity contribution in [3.05, 3.63) is 122 Å². The van der Waals surface area contributed by atoms with E-state index in [0.717, 1.165) is 16.8 Å². The highest BCUT2D eigenvalue weighted by Crippen LogP contribution is 2.55. The standard InChI is InChI=1S/C37H40N4O7/c1-22-18-38-29(21-42)28(33(22)43)20-40-30-15-25-19-41(34(44)24-9-7-6-8-10-24)37(36(46)48-5,17-23-11-13-26(47-4)14-12-23)32(25)27(30)16-31(40)35(45)39(2)3/h6-14,16,18,25,32,42H,15,17,19-21H2,1-5H3,(H,38,43)/t25?,32?,37-/m1/s1. The number of hydrogen-bond donors (Lipinski definition) is 2.